The lowest BCUT2D eigenvalue weighted by Crippen LogP contribution is -1.93. The Bertz CT molecular complexity index is 554. The minimum Gasteiger partial charge on any atom is -0.261 e. The van der Waals surface area contributed by atoms with Crippen molar-refractivity contribution in [1.29, 1.82) is 5.26 Å². The Morgan fingerprint density at radius 2 is 1.45 bits per heavy atom. The zero-order valence-electron chi connectivity index (χ0n) is 12.5. The second-order valence-electron chi connectivity index (χ2n) is 5.12. The summed E-state index contributed by atoms with van der Waals surface area (Å²) in [6.07, 6.45) is 1.83. The van der Waals surface area contributed by atoms with E-state index in [4.69, 9.17) is 5.26 Å². The van der Waals surface area contributed by atoms with Gasteiger partial charge in [0.2, 0.25) is 0 Å². The Morgan fingerprint density at radius 3 is 1.86 bits per heavy atom. The maximum Gasteiger partial charge on any atom is 0.140 e. The molecule has 2 aromatic heterocycles. The minimum atomic E-state index is 0. The van der Waals surface area contributed by atoms with Crippen LogP contribution >= 0.6 is 0 Å². The molecule has 0 atom stereocenters. The molecule has 0 unspecified atom stereocenters. The molecule has 0 saturated heterocycles. The fraction of sp³-hybridized carbons (Fsp3) is 0.421. The molecule has 2 heterocycles. The first-order valence-electron chi connectivity index (χ1n) is 6.82. The van der Waals surface area contributed by atoms with Crippen molar-refractivity contribution in [2.45, 2.75) is 54.4 Å². The number of rotatable bonds is 2. The monoisotopic (exact) mass is 299 g/mol. The van der Waals surface area contributed by atoms with Crippen molar-refractivity contribution >= 4 is 0 Å². The molecule has 0 aliphatic rings. The third-order valence-electron chi connectivity index (χ3n) is 2.76. The molecule has 120 valence electrons. The van der Waals surface area contributed by atoms with E-state index in [9.17, 15) is 0 Å². The highest BCUT2D eigenvalue weighted by atomic mass is 14.7. The molecule has 0 aromatic carbocycles. The maximum atomic E-state index is 8.53. The van der Waals surface area contributed by atoms with E-state index in [2.05, 4.69) is 37.7 Å². The third kappa shape index (κ3) is 7.54. The van der Waals surface area contributed by atoms with Gasteiger partial charge in [-0.1, -0.05) is 54.7 Å². The first kappa shape index (κ1) is 22.1. The van der Waals surface area contributed by atoms with Gasteiger partial charge in [-0.25, -0.2) is 4.98 Å². The Hall–Kier alpha value is -2.21. The van der Waals surface area contributed by atoms with Crippen LogP contribution in [-0.2, 0) is 0 Å². The molecule has 0 N–H and O–H groups in total. The van der Waals surface area contributed by atoms with Crippen LogP contribution in [0.4, 0.5) is 0 Å². The van der Waals surface area contributed by atoms with Crippen molar-refractivity contribution in [2.75, 3.05) is 0 Å². The summed E-state index contributed by atoms with van der Waals surface area (Å²) >= 11 is 0. The van der Waals surface area contributed by atoms with Crippen LogP contribution in [0.1, 0.15) is 71.5 Å². The number of aromatic nitrogens is 2. The summed E-state index contributed by atoms with van der Waals surface area (Å²) in [6, 6.07) is 13.5. The van der Waals surface area contributed by atoms with Crippen LogP contribution in [-0.4, -0.2) is 9.97 Å². The van der Waals surface area contributed by atoms with Crippen LogP contribution in [0.25, 0.3) is 0 Å². The first-order chi connectivity index (χ1) is 9.54. The molecule has 0 fully saturated rings. The van der Waals surface area contributed by atoms with E-state index in [0.29, 0.717) is 17.5 Å². The van der Waals surface area contributed by atoms with Crippen LogP contribution < -0.4 is 0 Å². The van der Waals surface area contributed by atoms with Crippen LogP contribution in [0.2, 0.25) is 0 Å². The van der Waals surface area contributed by atoms with Gasteiger partial charge in [0.25, 0.3) is 0 Å². The second-order valence-corrected chi connectivity index (χ2v) is 5.12. The van der Waals surface area contributed by atoms with Gasteiger partial charge in [0.1, 0.15) is 11.8 Å². The molecule has 0 aliphatic heterocycles. The molecule has 0 aliphatic carbocycles. The quantitative estimate of drug-likeness (QED) is 0.730. The van der Waals surface area contributed by atoms with Gasteiger partial charge in [-0.05, 0) is 36.1 Å². The molecule has 0 bridgehead atoms. The van der Waals surface area contributed by atoms with E-state index in [1.165, 1.54) is 0 Å². The Kier molecular flexibility index (Phi) is 11.5. The van der Waals surface area contributed by atoms with E-state index in [-0.39, 0.29) is 14.9 Å². The van der Waals surface area contributed by atoms with Crippen molar-refractivity contribution in [2.24, 2.45) is 0 Å². The lowest BCUT2D eigenvalue weighted by Gasteiger charge is -2.02. The summed E-state index contributed by atoms with van der Waals surface area (Å²) in [5, 5.41) is 8.53. The third-order valence-corrected chi connectivity index (χ3v) is 2.76. The maximum absolute atomic E-state index is 8.53. The summed E-state index contributed by atoms with van der Waals surface area (Å²) in [7, 11) is 0. The van der Waals surface area contributed by atoms with E-state index in [1.54, 1.807) is 6.07 Å². The van der Waals surface area contributed by atoms with Gasteiger partial charge >= 0.3 is 0 Å². The van der Waals surface area contributed by atoms with Gasteiger partial charge in [-0.15, -0.1) is 0 Å². The second kappa shape index (κ2) is 11.4. The van der Waals surface area contributed by atoms with Gasteiger partial charge in [-0.2, -0.15) is 5.26 Å². The Labute approximate surface area is 136 Å². The van der Waals surface area contributed by atoms with E-state index >= 15 is 0 Å². The van der Waals surface area contributed by atoms with Gasteiger partial charge < -0.3 is 0 Å². The minimum absolute atomic E-state index is 0. The highest BCUT2D eigenvalue weighted by molar-refractivity contribution is 5.23. The largest absolute Gasteiger partial charge is 0.261 e. The summed E-state index contributed by atoms with van der Waals surface area (Å²) in [6.45, 7) is 8.40. The topological polar surface area (TPSA) is 49.6 Å². The first-order valence-corrected chi connectivity index (χ1v) is 6.82. The highest BCUT2D eigenvalue weighted by Gasteiger charge is 2.00. The average Bonchev–Trinajstić information content (AvgIpc) is 2.49. The van der Waals surface area contributed by atoms with Crippen LogP contribution in [0.3, 0.4) is 0 Å². The van der Waals surface area contributed by atoms with Gasteiger partial charge in [0, 0.05) is 17.6 Å². The highest BCUT2D eigenvalue weighted by Crippen LogP contribution is 2.10. The molecule has 0 saturated carbocycles. The standard InChI is InChI=1S/C9H10N2.C8H11N.2CH4/c1-7(2)9-5-3-4-8(6-10)11-9;1-7(2)8-5-3-4-6-9-8;;/h3-5,7H,1-2H3;3-7H,1-2H3;2*1H4. The Balaban J connectivity index is 0. The van der Waals surface area contributed by atoms with E-state index < -0.39 is 0 Å². The smallest absolute Gasteiger partial charge is 0.140 e. The van der Waals surface area contributed by atoms with Gasteiger partial charge in [-0.3, -0.25) is 4.98 Å². The number of hydrogen-bond acceptors (Lipinski definition) is 3. The molecule has 3 nitrogen and oxygen atoms in total. The number of nitrogens with zero attached hydrogens (tertiary/aromatic N) is 3. The van der Waals surface area contributed by atoms with E-state index in [0.717, 1.165) is 11.4 Å². The molecule has 0 radical (unpaired) electrons. The fourth-order valence-corrected chi connectivity index (χ4v) is 1.55. The van der Waals surface area contributed by atoms with Crippen molar-refractivity contribution < 1.29 is 0 Å². The normalized spacial score (nSPS) is 8.95. The lowest BCUT2D eigenvalue weighted by atomic mass is 10.1. The number of nitriles is 1. The van der Waals surface area contributed by atoms with Crippen LogP contribution in [0.5, 0.6) is 0 Å². The summed E-state index contributed by atoms with van der Waals surface area (Å²) in [4.78, 5) is 8.31. The zero-order chi connectivity index (χ0) is 15.0. The molecule has 0 amide bonds. The van der Waals surface area contributed by atoms with Crippen molar-refractivity contribution in [3.05, 3.63) is 59.7 Å². The molecular weight excluding hydrogens is 270 g/mol. The summed E-state index contributed by atoms with van der Waals surface area (Å²) in [5.74, 6) is 0.939. The fourth-order valence-electron chi connectivity index (χ4n) is 1.55. The molecule has 0 spiro atoms. The molecular formula is C19H29N3. The van der Waals surface area contributed by atoms with E-state index in [1.807, 2.05) is 42.6 Å². The predicted octanol–water partition coefficient (Wildman–Crippen LogP) is 5.55. The van der Waals surface area contributed by atoms with Crippen molar-refractivity contribution in [3.8, 4) is 6.07 Å². The number of hydrogen-bond donors (Lipinski definition) is 0. The number of pyridine rings is 2. The van der Waals surface area contributed by atoms with Gasteiger partial charge in [0.05, 0.1) is 0 Å². The molecule has 3 heteroatoms. The summed E-state index contributed by atoms with van der Waals surface area (Å²) < 4.78 is 0. The average molecular weight is 299 g/mol. The predicted molar refractivity (Wildman–Crippen MR) is 94.8 cm³/mol. The van der Waals surface area contributed by atoms with Crippen molar-refractivity contribution in [1.82, 2.24) is 9.97 Å². The van der Waals surface area contributed by atoms with Crippen molar-refractivity contribution in [3.63, 3.8) is 0 Å². The Morgan fingerprint density at radius 1 is 0.864 bits per heavy atom. The van der Waals surface area contributed by atoms with Gasteiger partial charge in [0.15, 0.2) is 0 Å². The van der Waals surface area contributed by atoms with Crippen LogP contribution in [0, 0.1) is 11.3 Å². The SMILES string of the molecule is C.C.CC(C)c1cccc(C#N)n1.CC(C)c1ccccn1. The molecule has 22 heavy (non-hydrogen) atoms. The summed E-state index contributed by atoms with van der Waals surface area (Å²) in [5.41, 5.74) is 2.64. The zero-order valence-corrected chi connectivity index (χ0v) is 12.5. The molecule has 2 rings (SSSR count). The lowest BCUT2D eigenvalue weighted by molar-refractivity contribution is 0.820. The molecule has 2 aromatic rings. The van der Waals surface area contributed by atoms with Crippen LogP contribution in [0.15, 0.2) is 42.6 Å².